The molecule has 0 spiro atoms. The summed E-state index contributed by atoms with van der Waals surface area (Å²) in [6.45, 7) is 0. The molecule has 0 aliphatic carbocycles. The highest BCUT2D eigenvalue weighted by molar-refractivity contribution is 6.17. The first kappa shape index (κ1) is 30.3. The summed E-state index contributed by atoms with van der Waals surface area (Å²) in [4.78, 5) is 15.2. The molecule has 0 saturated heterocycles. The van der Waals surface area contributed by atoms with Gasteiger partial charge in [0.15, 0.2) is 17.5 Å². The van der Waals surface area contributed by atoms with Crippen LogP contribution in [0.1, 0.15) is 0 Å². The average molecular weight is 691 g/mol. The molecule has 3 heterocycles. The number of para-hydroxylation sites is 3. The van der Waals surface area contributed by atoms with Crippen molar-refractivity contribution in [1.82, 2.24) is 19.5 Å². The van der Waals surface area contributed by atoms with Crippen molar-refractivity contribution < 1.29 is 4.42 Å². The van der Waals surface area contributed by atoms with E-state index >= 15 is 0 Å². The average Bonchev–Trinajstić information content (AvgIpc) is 3.80. The number of hydrogen-bond acceptors (Lipinski definition) is 4. The number of furan rings is 1. The molecule has 0 amide bonds. The number of benzene rings is 8. The molecular formula is C49H30N4O. The number of aromatic nitrogens is 4. The fourth-order valence-corrected chi connectivity index (χ4v) is 7.93. The summed E-state index contributed by atoms with van der Waals surface area (Å²) in [5.74, 6) is 1.87. The predicted molar refractivity (Wildman–Crippen MR) is 221 cm³/mol. The largest absolute Gasteiger partial charge is 0.455 e. The minimum absolute atomic E-state index is 0.618. The highest BCUT2D eigenvalue weighted by atomic mass is 16.3. The maximum Gasteiger partial charge on any atom is 0.164 e. The molecule has 5 heteroatoms. The topological polar surface area (TPSA) is 56.7 Å². The number of fused-ring (bicyclic) bond motifs is 8. The summed E-state index contributed by atoms with van der Waals surface area (Å²) in [6.07, 6.45) is 0. The third-order valence-corrected chi connectivity index (χ3v) is 10.5. The van der Waals surface area contributed by atoms with Crippen molar-refractivity contribution in [3.05, 3.63) is 182 Å². The highest BCUT2D eigenvalue weighted by Crippen LogP contribution is 2.39. The molecule has 0 fully saturated rings. The zero-order valence-corrected chi connectivity index (χ0v) is 29.0. The van der Waals surface area contributed by atoms with Gasteiger partial charge in [0.05, 0.1) is 11.0 Å². The Kier molecular flexibility index (Phi) is 6.79. The van der Waals surface area contributed by atoms with Gasteiger partial charge in [-0.3, -0.25) is 0 Å². The molecule has 54 heavy (non-hydrogen) atoms. The van der Waals surface area contributed by atoms with E-state index in [0.717, 1.165) is 66.2 Å². The van der Waals surface area contributed by atoms with Crippen LogP contribution >= 0.6 is 0 Å². The molecule has 0 aliphatic rings. The Labute approximate surface area is 310 Å². The van der Waals surface area contributed by atoms with Crippen molar-refractivity contribution >= 4 is 54.5 Å². The zero-order chi connectivity index (χ0) is 35.6. The van der Waals surface area contributed by atoms with Crippen LogP contribution in [0.15, 0.2) is 186 Å². The second-order valence-corrected chi connectivity index (χ2v) is 13.6. The summed E-state index contributed by atoms with van der Waals surface area (Å²) in [5, 5.41) is 6.94. The molecule has 0 aliphatic heterocycles. The summed E-state index contributed by atoms with van der Waals surface area (Å²) in [6, 6.07) is 63.3. The van der Waals surface area contributed by atoms with Crippen LogP contribution in [0.2, 0.25) is 0 Å². The number of nitrogens with zero attached hydrogens (tertiary/aromatic N) is 4. The van der Waals surface area contributed by atoms with Gasteiger partial charge in [-0.1, -0.05) is 127 Å². The summed E-state index contributed by atoms with van der Waals surface area (Å²) in [7, 11) is 0. The molecule has 11 rings (SSSR count). The summed E-state index contributed by atoms with van der Waals surface area (Å²) in [5.41, 5.74) is 10.2. The molecule has 8 aromatic carbocycles. The Morgan fingerprint density at radius 2 is 0.870 bits per heavy atom. The zero-order valence-electron chi connectivity index (χ0n) is 29.0. The number of hydrogen-bond donors (Lipinski definition) is 0. The van der Waals surface area contributed by atoms with E-state index in [9.17, 15) is 0 Å². The molecule has 11 aromatic rings. The van der Waals surface area contributed by atoms with E-state index in [0.29, 0.717) is 17.5 Å². The van der Waals surface area contributed by atoms with Gasteiger partial charge in [0.25, 0.3) is 0 Å². The van der Waals surface area contributed by atoms with Gasteiger partial charge in [-0.25, -0.2) is 15.0 Å². The third kappa shape index (κ3) is 4.83. The van der Waals surface area contributed by atoms with Crippen LogP contribution in [0.5, 0.6) is 0 Å². The SMILES string of the molecule is c1ccc(-c2nc(-c3ccc(-n4c5ccccc5c5ccccc54)cc3)nc(-c3cccc(-c4cccc5c4ccc4c6ccccc6oc54)c3)n2)cc1. The molecule has 5 nitrogen and oxygen atoms in total. The van der Waals surface area contributed by atoms with Crippen LogP contribution < -0.4 is 0 Å². The Morgan fingerprint density at radius 1 is 0.352 bits per heavy atom. The van der Waals surface area contributed by atoms with Crippen molar-refractivity contribution in [2.45, 2.75) is 0 Å². The Morgan fingerprint density at radius 3 is 1.61 bits per heavy atom. The molecule has 0 N–H and O–H groups in total. The van der Waals surface area contributed by atoms with Crippen molar-refractivity contribution in [2.24, 2.45) is 0 Å². The first-order valence-corrected chi connectivity index (χ1v) is 18.1. The predicted octanol–water partition coefficient (Wildman–Crippen LogP) is 12.7. The quantitative estimate of drug-likeness (QED) is 0.180. The molecule has 3 aromatic heterocycles. The van der Waals surface area contributed by atoms with Crippen molar-refractivity contribution in [3.8, 4) is 51.0 Å². The lowest BCUT2D eigenvalue weighted by Gasteiger charge is -2.12. The van der Waals surface area contributed by atoms with E-state index < -0.39 is 0 Å². The lowest BCUT2D eigenvalue weighted by atomic mass is 9.95. The monoisotopic (exact) mass is 690 g/mol. The summed E-state index contributed by atoms with van der Waals surface area (Å²) >= 11 is 0. The molecule has 0 atom stereocenters. The fourth-order valence-electron chi connectivity index (χ4n) is 7.93. The van der Waals surface area contributed by atoms with Crippen LogP contribution in [0, 0.1) is 0 Å². The van der Waals surface area contributed by atoms with Gasteiger partial charge in [0, 0.05) is 49.3 Å². The third-order valence-electron chi connectivity index (χ3n) is 10.5. The van der Waals surface area contributed by atoms with Crippen LogP contribution in [0.25, 0.3) is 105 Å². The minimum atomic E-state index is 0.618. The van der Waals surface area contributed by atoms with Gasteiger partial charge in [-0.2, -0.15) is 0 Å². The van der Waals surface area contributed by atoms with E-state index in [-0.39, 0.29) is 0 Å². The lowest BCUT2D eigenvalue weighted by molar-refractivity contribution is 0.672. The molecular weight excluding hydrogens is 661 g/mol. The second-order valence-electron chi connectivity index (χ2n) is 13.6. The molecule has 0 saturated carbocycles. The fraction of sp³-hybridized carbons (Fsp3) is 0. The lowest BCUT2D eigenvalue weighted by Crippen LogP contribution is -2.00. The normalized spacial score (nSPS) is 11.7. The van der Waals surface area contributed by atoms with Crippen molar-refractivity contribution in [3.63, 3.8) is 0 Å². The van der Waals surface area contributed by atoms with E-state index in [1.807, 2.05) is 42.5 Å². The van der Waals surface area contributed by atoms with Crippen molar-refractivity contribution in [2.75, 3.05) is 0 Å². The van der Waals surface area contributed by atoms with E-state index in [1.165, 1.54) is 21.8 Å². The van der Waals surface area contributed by atoms with Crippen LogP contribution in [-0.4, -0.2) is 19.5 Å². The van der Waals surface area contributed by atoms with E-state index in [4.69, 9.17) is 19.4 Å². The van der Waals surface area contributed by atoms with Crippen LogP contribution in [-0.2, 0) is 0 Å². The first-order valence-electron chi connectivity index (χ1n) is 18.1. The smallest absolute Gasteiger partial charge is 0.164 e. The Bertz CT molecular complexity index is 3160. The maximum absolute atomic E-state index is 6.40. The standard InChI is InChI=1S/C49H30N4O/c1-2-12-31(13-3-1)47-50-48(32-24-26-35(27-25-32)53-43-21-7-4-16-38(43)39-17-5-8-22-44(39)53)52-49(51-47)34-15-10-14-33(30-34)36-19-11-20-41-37(36)28-29-42-40-18-6-9-23-45(40)54-46(41)42/h1-30H. The van der Waals surface area contributed by atoms with E-state index in [2.05, 4.69) is 144 Å². The molecule has 252 valence electrons. The molecule has 0 bridgehead atoms. The Balaban J connectivity index is 1.03. The second kappa shape index (κ2) is 12.1. The van der Waals surface area contributed by atoms with Gasteiger partial charge in [0.1, 0.15) is 11.2 Å². The van der Waals surface area contributed by atoms with Crippen molar-refractivity contribution in [1.29, 1.82) is 0 Å². The Hall–Kier alpha value is -7.37. The van der Waals surface area contributed by atoms with Gasteiger partial charge in [-0.15, -0.1) is 0 Å². The van der Waals surface area contributed by atoms with Gasteiger partial charge in [-0.05, 0) is 71.1 Å². The maximum atomic E-state index is 6.40. The van der Waals surface area contributed by atoms with E-state index in [1.54, 1.807) is 0 Å². The van der Waals surface area contributed by atoms with Crippen LogP contribution in [0.3, 0.4) is 0 Å². The minimum Gasteiger partial charge on any atom is -0.455 e. The van der Waals surface area contributed by atoms with Gasteiger partial charge in [0.2, 0.25) is 0 Å². The highest BCUT2D eigenvalue weighted by Gasteiger charge is 2.17. The van der Waals surface area contributed by atoms with Gasteiger partial charge < -0.3 is 8.98 Å². The molecule has 0 radical (unpaired) electrons. The number of rotatable bonds is 5. The summed E-state index contributed by atoms with van der Waals surface area (Å²) < 4.78 is 8.72. The molecule has 0 unspecified atom stereocenters. The van der Waals surface area contributed by atoms with Gasteiger partial charge >= 0.3 is 0 Å². The first-order chi connectivity index (χ1) is 26.8. The van der Waals surface area contributed by atoms with Crippen LogP contribution in [0.4, 0.5) is 0 Å².